The lowest BCUT2D eigenvalue weighted by Gasteiger charge is -2.07. The highest BCUT2D eigenvalue weighted by molar-refractivity contribution is 7.73. The number of rotatable bonds is 0. The molecule has 4 heteroatoms. The Morgan fingerprint density at radius 1 is 1.31 bits per heavy atom. The van der Waals surface area contributed by atoms with Gasteiger partial charge in [-0.15, -0.1) is 0 Å². The molecule has 1 aliphatic rings. The SMILES string of the molecule is O=S(=O)=C1C=Cc2ncccc2C1. The Morgan fingerprint density at radius 3 is 2.92 bits per heavy atom. The van der Waals surface area contributed by atoms with E-state index >= 15 is 0 Å². The van der Waals surface area contributed by atoms with E-state index in [1.165, 1.54) is 0 Å². The fourth-order valence-corrected chi connectivity index (χ4v) is 1.74. The number of hydrogen-bond donors (Lipinski definition) is 0. The molecule has 1 heterocycles. The van der Waals surface area contributed by atoms with Crippen LogP contribution in [0.1, 0.15) is 11.3 Å². The highest BCUT2D eigenvalue weighted by Gasteiger charge is 2.09. The number of nitrogens with zero attached hydrogens (tertiary/aromatic N) is 1. The van der Waals surface area contributed by atoms with Crippen LogP contribution in [-0.4, -0.2) is 18.3 Å². The average Bonchev–Trinajstić information content (AvgIpc) is 2.17. The second-order valence-electron chi connectivity index (χ2n) is 2.76. The zero-order valence-corrected chi connectivity index (χ0v) is 7.58. The highest BCUT2D eigenvalue weighted by atomic mass is 32.2. The Kier molecular flexibility index (Phi) is 1.98. The predicted molar refractivity (Wildman–Crippen MR) is 50.9 cm³/mol. The molecule has 0 saturated heterocycles. The molecule has 0 amide bonds. The molecule has 0 spiro atoms. The van der Waals surface area contributed by atoms with Crippen molar-refractivity contribution < 1.29 is 8.42 Å². The number of hydrogen-bond acceptors (Lipinski definition) is 3. The molecule has 0 unspecified atom stereocenters. The zero-order valence-electron chi connectivity index (χ0n) is 6.77. The van der Waals surface area contributed by atoms with Gasteiger partial charge >= 0.3 is 0 Å². The van der Waals surface area contributed by atoms with Crippen LogP contribution >= 0.6 is 0 Å². The van der Waals surface area contributed by atoms with Crippen molar-refractivity contribution >= 4 is 21.2 Å². The van der Waals surface area contributed by atoms with Crippen LogP contribution in [0.4, 0.5) is 0 Å². The summed E-state index contributed by atoms with van der Waals surface area (Å²) in [5.74, 6) is 0. The molecule has 1 aromatic rings. The molecule has 0 atom stereocenters. The summed E-state index contributed by atoms with van der Waals surface area (Å²) < 4.78 is 21.3. The van der Waals surface area contributed by atoms with E-state index < -0.39 is 10.3 Å². The van der Waals surface area contributed by atoms with Gasteiger partial charge in [0.25, 0.3) is 0 Å². The second-order valence-corrected chi connectivity index (χ2v) is 3.75. The van der Waals surface area contributed by atoms with Crippen LogP contribution < -0.4 is 0 Å². The van der Waals surface area contributed by atoms with Gasteiger partial charge in [-0.25, -0.2) is 0 Å². The maximum atomic E-state index is 10.7. The van der Waals surface area contributed by atoms with E-state index in [2.05, 4.69) is 4.98 Å². The third-order valence-electron chi connectivity index (χ3n) is 1.93. The van der Waals surface area contributed by atoms with Gasteiger partial charge in [0.15, 0.2) is 0 Å². The molecule has 0 N–H and O–H groups in total. The minimum atomic E-state index is -2.11. The minimum absolute atomic E-state index is 0.417. The average molecular weight is 193 g/mol. The Labute approximate surface area is 77.3 Å². The first-order chi connectivity index (χ1) is 6.27. The van der Waals surface area contributed by atoms with Crippen molar-refractivity contribution in [3.63, 3.8) is 0 Å². The molecule has 0 aromatic carbocycles. The van der Waals surface area contributed by atoms with Crippen LogP contribution in [-0.2, 0) is 16.7 Å². The van der Waals surface area contributed by atoms with Crippen LogP contribution in [0.5, 0.6) is 0 Å². The number of aromatic nitrogens is 1. The lowest BCUT2D eigenvalue weighted by molar-refractivity contribution is 0.627. The van der Waals surface area contributed by atoms with E-state index in [0.29, 0.717) is 11.3 Å². The summed E-state index contributed by atoms with van der Waals surface area (Å²) in [7, 11) is -2.11. The van der Waals surface area contributed by atoms with Crippen LogP contribution in [0, 0.1) is 0 Å². The van der Waals surface area contributed by atoms with Crippen molar-refractivity contribution in [1.29, 1.82) is 0 Å². The minimum Gasteiger partial charge on any atom is -0.257 e. The summed E-state index contributed by atoms with van der Waals surface area (Å²) in [5.41, 5.74) is 1.82. The van der Waals surface area contributed by atoms with Gasteiger partial charge in [0.2, 0.25) is 10.3 Å². The molecule has 13 heavy (non-hydrogen) atoms. The molecule has 1 aromatic heterocycles. The summed E-state index contributed by atoms with van der Waals surface area (Å²) >= 11 is 0. The second kappa shape index (κ2) is 3.14. The van der Waals surface area contributed by atoms with E-state index in [4.69, 9.17) is 0 Å². The normalized spacial score (nSPS) is 14.0. The van der Waals surface area contributed by atoms with Crippen molar-refractivity contribution in [3.05, 3.63) is 35.7 Å². The molecule has 0 aliphatic heterocycles. The lowest BCUT2D eigenvalue weighted by atomic mass is 10.0. The number of fused-ring (bicyclic) bond motifs is 1. The zero-order chi connectivity index (χ0) is 9.26. The van der Waals surface area contributed by atoms with Crippen LogP contribution in [0.2, 0.25) is 0 Å². The molecular weight excluding hydrogens is 186 g/mol. The molecule has 0 bridgehead atoms. The summed E-state index contributed by atoms with van der Waals surface area (Å²) in [6, 6.07) is 3.70. The molecule has 3 nitrogen and oxygen atoms in total. The highest BCUT2D eigenvalue weighted by Crippen LogP contribution is 2.13. The van der Waals surface area contributed by atoms with E-state index in [1.54, 1.807) is 18.3 Å². The van der Waals surface area contributed by atoms with Gasteiger partial charge in [-0.1, -0.05) is 6.07 Å². The maximum absolute atomic E-state index is 10.7. The van der Waals surface area contributed by atoms with Crippen molar-refractivity contribution in [2.75, 3.05) is 0 Å². The van der Waals surface area contributed by atoms with Crippen LogP contribution in [0.15, 0.2) is 24.4 Å². The molecular formula is C9H7NO2S. The van der Waals surface area contributed by atoms with Crippen molar-refractivity contribution in [1.82, 2.24) is 4.98 Å². The molecule has 1 aliphatic carbocycles. The topological polar surface area (TPSA) is 47.0 Å². The van der Waals surface area contributed by atoms with E-state index in [-0.39, 0.29) is 0 Å². The van der Waals surface area contributed by atoms with E-state index in [1.807, 2.05) is 12.1 Å². The molecule has 0 saturated carbocycles. The maximum Gasteiger partial charge on any atom is 0.217 e. The Morgan fingerprint density at radius 2 is 2.15 bits per heavy atom. The molecule has 0 radical (unpaired) electrons. The van der Waals surface area contributed by atoms with E-state index in [9.17, 15) is 8.42 Å². The first-order valence-corrected chi connectivity index (χ1v) is 4.92. The van der Waals surface area contributed by atoms with Gasteiger partial charge in [0.1, 0.15) is 0 Å². The largest absolute Gasteiger partial charge is 0.257 e. The molecule has 0 fully saturated rings. The number of pyridine rings is 1. The summed E-state index contributed by atoms with van der Waals surface area (Å²) in [6.07, 6.45) is 5.47. The summed E-state index contributed by atoms with van der Waals surface area (Å²) in [6.45, 7) is 0. The quantitative estimate of drug-likeness (QED) is 0.570. The van der Waals surface area contributed by atoms with Gasteiger partial charge in [-0.3, -0.25) is 4.98 Å². The van der Waals surface area contributed by atoms with Gasteiger partial charge in [-0.2, -0.15) is 8.42 Å². The Hall–Kier alpha value is -1.42. The third kappa shape index (κ3) is 1.53. The first kappa shape index (κ1) is 8.19. The third-order valence-corrected chi connectivity index (χ3v) is 2.64. The smallest absolute Gasteiger partial charge is 0.217 e. The molecule has 2 rings (SSSR count). The van der Waals surface area contributed by atoms with Gasteiger partial charge in [-0.05, 0) is 23.8 Å². The summed E-state index contributed by atoms with van der Waals surface area (Å²) in [4.78, 5) is 4.53. The van der Waals surface area contributed by atoms with Gasteiger partial charge < -0.3 is 0 Å². The van der Waals surface area contributed by atoms with Crippen molar-refractivity contribution in [3.8, 4) is 0 Å². The van der Waals surface area contributed by atoms with Crippen LogP contribution in [0.3, 0.4) is 0 Å². The van der Waals surface area contributed by atoms with Gasteiger partial charge in [0.05, 0.1) is 10.6 Å². The Bertz CT molecular complexity index is 492. The monoisotopic (exact) mass is 193 g/mol. The summed E-state index contributed by atoms with van der Waals surface area (Å²) in [5, 5.41) is 0. The molecule has 66 valence electrons. The van der Waals surface area contributed by atoms with E-state index in [0.717, 1.165) is 11.3 Å². The fourth-order valence-electron chi connectivity index (χ4n) is 1.28. The van der Waals surface area contributed by atoms with Crippen molar-refractivity contribution in [2.45, 2.75) is 6.42 Å². The fraction of sp³-hybridized carbons (Fsp3) is 0.111. The van der Waals surface area contributed by atoms with Crippen LogP contribution in [0.25, 0.3) is 6.08 Å². The standard InChI is InChI=1S/C9H7NO2S/c11-13(12)8-3-4-9-7(6-8)2-1-5-10-9/h1-5H,6H2. The lowest BCUT2D eigenvalue weighted by Crippen LogP contribution is -2.07. The predicted octanol–water partition coefficient (Wildman–Crippen LogP) is 0.702. The Balaban J connectivity index is 2.58. The van der Waals surface area contributed by atoms with Crippen molar-refractivity contribution in [2.24, 2.45) is 0 Å². The number of allylic oxidation sites excluding steroid dienone is 1. The first-order valence-electron chi connectivity index (χ1n) is 3.84. The van der Waals surface area contributed by atoms with Gasteiger partial charge in [0, 0.05) is 12.6 Å².